The molecule has 3 aromatic rings. The van der Waals surface area contributed by atoms with Crippen LogP contribution in [-0.4, -0.2) is 9.97 Å². The molecule has 0 amide bonds. The lowest BCUT2D eigenvalue weighted by Gasteiger charge is -2.00. The number of hydrogen-bond acceptors (Lipinski definition) is 4. The Labute approximate surface area is 115 Å². The summed E-state index contributed by atoms with van der Waals surface area (Å²) < 4.78 is 0. The minimum absolute atomic E-state index is 0.739. The van der Waals surface area contributed by atoms with Gasteiger partial charge >= 0.3 is 0 Å². The first-order valence-electron chi connectivity index (χ1n) is 5.93. The van der Waals surface area contributed by atoms with E-state index >= 15 is 0 Å². The summed E-state index contributed by atoms with van der Waals surface area (Å²) in [5, 5.41) is 0.892. The number of nitrogens with two attached hydrogens (primary N) is 2. The zero-order chi connectivity index (χ0) is 13.2. The van der Waals surface area contributed by atoms with Gasteiger partial charge in [0.1, 0.15) is 0 Å². The molecule has 4 nitrogen and oxygen atoms in total. The molecule has 0 atom stereocenters. The Balaban J connectivity index is 1.78. The summed E-state index contributed by atoms with van der Waals surface area (Å²) in [4.78, 5) is 7.77. The van der Waals surface area contributed by atoms with E-state index in [9.17, 15) is 0 Å². The molecule has 0 bridgehead atoms. The number of nitrogens with zero attached hydrogens (tertiary/aromatic N) is 1. The number of imidazole rings is 1. The molecule has 5 heteroatoms. The molecule has 0 saturated heterocycles. The van der Waals surface area contributed by atoms with Crippen LogP contribution in [0.5, 0.6) is 0 Å². The molecule has 19 heavy (non-hydrogen) atoms. The monoisotopic (exact) mass is 270 g/mol. The molecule has 96 valence electrons. The van der Waals surface area contributed by atoms with Gasteiger partial charge in [-0.15, -0.1) is 0 Å². The van der Waals surface area contributed by atoms with Gasteiger partial charge in [0.15, 0.2) is 5.16 Å². The fourth-order valence-electron chi connectivity index (χ4n) is 1.91. The van der Waals surface area contributed by atoms with Gasteiger partial charge in [0.2, 0.25) is 0 Å². The molecule has 0 saturated carbocycles. The van der Waals surface area contributed by atoms with Gasteiger partial charge in [0, 0.05) is 17.1 Å². The average molecular weight is 270 g/mol. The van der Waals surface area contributed by atoms with Crippen molar-refractivity contribution in [3.8, 4) is 0 Å². The smallest absolute Gasteiger partial charge is 0.166 e. The van der Waals surface area contributed by atoms with Crippen molar-refractivity contribution in [1.82, 2.24) is 9.97 Å². The number of nitrogen functional groups attached to an aromatic ring is 2. The van der Waals surface area contributed by atoms with Gasteiger partial charge < -0.3 is 16.5 Å². The van der Waals surface area contributed by atoms with E-state index in [1.54, 1.807) is 11.8 Å². The number of H-pyrrole nitrogens is 1. The van der Waals surface area contributed by atoms with Crippen molar-refractivity contribution < 1.29 is 0 Å². The van der Waals surface area contributed by atoms with Gasteiger partial charge in [0.25, 0.3) is 0 Å². The number of rotatable bonds is 3. The number of anilines is 2. The van der Waals surface area contributed by atoms with Crippen LogP contribution in [0.1, 0.15) is 5.56 Å². The molecule has 1 heterocycles. The Morgan fingerprint density at radius 3 is 2.74 bits per heavy atom. The Bertz CT molecular complexity index is 720. The van der Waals surface area contributed by atoms with Gasteiger partial charge in [-0.25, -0.2) is 4.98 Å². The zero-order valence-electron chi connectivity index (χ0n) is 10.3. The standard InChI is InChI=1S/C14H14N4S/c15-10-3-1-2-9(6-10)8-19-14-17-12-5-4-11(16)7-13(12)18-14/h1-7H,8,15-16H2,(H,17,18). The number of benzene rings is 2. The summed E-state index contributed by atoms with van der Waals surface area (Å²) in [6.45, 7) is 0. The molecule has 0 fully saturated rings. The molecule has 3 rings (SSSR count). The summed E-state index contributed by atoms with van der Waals surface area (Å²) in [5.41, 5.74) is 16.1. The first kappa shape index (κ1) is 11.9. The van der Waals surface area contributed by atoms with E-state index in [1.807, 2.05) is 36.4 Å². The molecule has 5 N–H and O–H groups in total. The molecular weight excluding hydrogens is 256 g/mol. The zero-order valence-corrected chi connectivity index (χ0v) is 11.1. The van der Waals surface area contributed by atoms with Crippen LogP contribution in [0.25, 0.3) is 11.0 Å². The normalized spacial score (nSPS) is 10.9. The van der Waals surface area contributed by atoms with E-state index in [4.69, 9.17) is 11.5 Å². The molecule has 0 spiro atoms. The molecule has 1 aromatic heterocycles. The lowest BCUT2D eigenvalue weighted by atomic mass is 10.2. The average Bonchev–Trinajstić information content (AvgIpc) is 2.78. The van der Waals surface area contributed by atoms with Gasteiger partial charge in [-0.2, -0.15) is 0 Å². The van der Waals surface area contributed by atoms with Crippen molar-refractivity contribution >= 4 is 34.2 Å². The number of hydrogen-bond donors (Lipinski definition) is 3. The predicted octanol–water partition coefficient (Wildman–Crippen LogP) is 3.02. The second-order valence-corrected chi connectivity index (χ2v) is 5.32. The maximum absolute atomic E-state index is 5.76. The van der Waals surface area contributed by atoms with Gasteiger partial charge in [0.05, 0.1) is 11.0 Å². The fourth-order valence-corrected chi connectivity index (χ4v) is 2.73. The Morgan fingerprint density at radius 2 is 1.89 bits per heavy atom. The highest BCUT2D eigenvalue weighted by molar-refractivity contribution is 7.98. The molecule has 0 radical (unpaired) electrons. The third kappa shape index (κ3) is 2.66. The summed E-state index contributed by atoms with van der Waals surface area (Å²) in [6, 6.07) is 13.6. The van der Waals surface area contributed by atoms with E-state index in [0.717, 1.165) is 33.3 Å². The van der Waals surface area contributed by atoms with Crippen LogP contribution < -0.4 is 11.5 Å². The Morgan fingerprint density at radius 1 is 1.05 bits per heavy atom. The van der Waals surface area contributed by atoms with E-state index < -0.39 is 0 Å². The highest BCUT2D eigenvalue weighted by atomic mass is 32.2. The van der Waals surface area contributed by atoms with Crippen molar-refractivity contribution in [3.05, 3.63) is 48.0 Å². The fraction of sp³-hybridized carbons (Fsp3) is 0.0714. The number of aromatic amines is 1. The summed E-state index contributed by atoms with van der Waals surface area (Å²) >= 11 is 1.65. The number of aromatic nitrogens is 2. The van der Waals surface area contributed by atoms with Crippen LogP contribution in [0.3, 0.4) is 0 Å². The van der Waals surface area contributed by atoms with E-state index in [2.05, 4.69) is 16.0 Å². The summed E-state index contributed by atoms with van der Waals surface area (Å²) in [7, 11) is 0. The van der Waals surface area contributed by atoms with Crippen LogP contribution in [0, 0.1) is 0 Å². The first-order chi connectivity index (χ1) is 9.20. The molecular formula is C14H14N4S. The van der Waals surface area contributed by atoms with Crippen LogP contribution >= 0.6 is 11.8 Å². The minimum Gasteiger partial charge on any atom is -0.399 e. The maximum Gasteiger partial charge on any atom is 0.166 e. The summed E-state index contributed by atoms with van der Waals surface area (Å²) in [6.07, 6.45) is 0. The number of fused-ring (bicyclic) bond motifs is 1. The topological polar surface area (TPSA) is 80.7 Å². The largest absolute Gasteiger partial charge is 0.399 e. The third-order valence-electron chi connectivity index (χ3n) is 2.81. The highest BCUT2D eigenvalue weighted by Gasteiger charge is 2.04. The van der Waals surface area contributed by atoms with E-state index in [-0.39, 0.29) is 0 Å². The van der Waals surface area contributed by atoms with Gasteiger partial charge in [-0.05, 0) is 35.9 Å². The second-order valence-electron chi connectivity index (χ2n) is 4.35. The van der Waals surface area contributed by atoms with Crippen molar-refractivity contribution in [2.75, 3.05) is 11.5 Å². The lowest BCUT2D eigenvalue weighted by Crippen LogP contribution is -1.87. The van der Waals surface area contributed by atoms with Crippen molar-refractivity contribution in [3.63, 3.8) is 0 Å². The highest BCUT2D eigenvalue weighted by Crippen LogP contribution is 2.24. The third-order valence-corrected chi connectivity index (χ3v) is 3.76. The van der Waals surface area contributed by atoms with Crippen LogP contribution in [0.4, 0.5) is 11.4 Å². The first-order valence-corrected chi connectivity index (χ1v) is 6.92. The lowest BCUT2D eigenvalue weighted by molar-refractivity contribution is 1.08. The maximum atomic E-state index is 5.76. The van der Waals surface area contributed by atoms with Gasteiger partial charge in [-0.3, -0.25) is 0 Å². The number of nitrogens with one attached hydrogen (secondary N) is 1. The van der Waals surface area contributed by atoms with E-state index in [1.165, 1.54) is 5.56 Å². The quantitative estimate of drug-likeness (QED) is 0.505. The minimum atomic E-state index is 0.739. The van der Waals surface area contributed by atoms with Gasteiger partial charge in [-0.1, -0.05) is 23.9 Å². The molecule has 2 aromatic carbocycles. The van der Waals surface area contributed by atoms with Crippen molar-refractivity contribution in [2.45, 2.75) is 10.9 Å². The molecule has 0 aliphatic heterocycles. The predicted molar refractivity (Wildman–Crippen MR) is 80.9 cm³/mol. The van der Waals surface area contributed by atoms with Crippen molar-refractivity contribution in [1.29, 1.82) is 0 Å². The van der Waals surface area contributed by atoms with Crippen LogP contribution in [0.2, 0.25) is 0 Å². The number of thioether (sulfide) groups is 1. The molecule has 0 aliphatic carbocycles. The van der Waals surface area contributed by atoms with E-state index in [0.29, 0.717) is 0 Å². The Hall–Kier alpha value is -2.14. The Kier molecular flexibility index (Phi) is 3.05. The molecule has 0 aliphatic rings. The van der Waals surface area contributed by atoms with Crippen molar-refractivity contribution in [2.24, 2.45) is 0 Å². The second kappa shape index (κ2) is 4.85. The van der Waals surface area contributed by atoms with Crippen LogP contribution in [0.15, 0.2) is 47.6 Å². The van der Waals surface area contributed by atoms with Crippen LogP contribution in [-0.2, 0) is 5.75 Å². The summed E-state index contributed by atoms with van der Waals surface area (Å²) in [5.74, 6) is 0.834. The molecule has 0 unspecified atom stereocenters. The SMILES string of the molecule is Nc1cccc(CSc2nc3ccc(N)cc3[nH]2)c1.